The number of aromatic nitrogens is 2. The van der Waals surface area contributed by atoms with E-state index in [1.807, 2.05) is 36.7 Å². The molecule has 1 aromatic heterocycles. The highest BCUT2D eigenvalue weighted by atomic mass is 35.5. The molecule has 1 unspecified atom stereocenters. The normalized spacial score (nSPS) is 18.9. The monoisotopic (exact) mass is 339 g/mol. The van der Waals surface area contributed by atoms with Gasteiger partial charge in [-0.2, -0.15) is 0 Å². The summed E-state index contributed by atoms with van der Waals surface area (Å²) >= 11 is 11.7. The second kappa shape index (κ2) is 6.32. The molecule has 0 bridgehead atoms. The van der Waals surface area contributed by atoms with E-state index in [4.69, 9.17) is 23.8 Å². The molecule has 0 amide bonds. The van der Waals surface area contributed by atoms with Crippen LogP contribution in [0.3, 0.4) is 0 Å². The van der Waals surface area contributed by atoms with Gasteiger partial charge in [0.05, 0.1) is 23.8 Å². The van der Waals surface area contributed by atoms with Gasteiger partial charge in [-0.05, 0) is 56.1 Å². The molecular weight excluding hydrogens is 318 g/mol. The summed E-state index contributed by atoms with van der Waals surface area (Å²) < 4.78 is 5.00. The van der Waals surface area contributed by atoms with Gasteiger partial charge >= 0.3 is 0 Å². The molecule has 1 aromatic carbocycles. The lowest BCUT2D eigenvalue weighted by atomic mass is 9.92. The highest BCUT2D eigenvalue weighted by molar-refractivity contribution is 7.71. The fourth-order valence-electron chi connectivity index (χ4n) is 3.30. The largest absolute Gasteiger partial charge is 0.393 e. The lowest BCUT2D eigenvalue weighted by Crippen LogP contribution is -2.38. The van der Waals surface area contributed by atoms with Crippen molar-refractivity contribution in [1.29, 1.82) is 0 Å². The standard InChI is InChI=1S/C16H22ClN3OS/c1-11(21)12-5-7-19(8-6-12)10-20-15-9-13(17)3-4-14(15)18(2)16(20)22/h3-4,9,11-12,21H,5-8,10H2,1-2H3. The van der Waals surface area contributed by atoms with Gasteiger partial charge in [-0.1, -0.05) is 11.6 Å². The van der Waals surface area contributed by atoms with Crippen molar-refractivity contribution in [3.63, 3.8) is 0 Å². The van der Waals surface area contributed by atoms with Crippen molar-refractivity contribution in [1.82, 2.24) is 14.0 Å². The maximum Gasteiger partial charge on any atom is 0.181 e. The van der Waals surface area contributed by atoms with Gasteiger partial charge in [0, 0.05) is 25.2 Å². The van der Waals surface area contributed by atoms with Crippen LogP contribution in [-0.2, 0) is 13.7 Å². The number of aliphatic hydroxyl groups excluding tert-OH is 1. The van der Waals surface area contributed by atoms with E-state index in [1.165, 1.54) is 0 Å². The molecule has 0 saturated carbocycles. The first-order chi connectivity index (χ1) is 10.5. The summed E-state index contributed by atoms with van der Waals surface area (Å²) in [6.45, 7) is 4.66. The van der Waals surface area contributed by atoms with E-state index in [-0.39, 0.29) is 6.10 Å². The molecule has 22 heavy (non-hydrogen) atoms. The van der Waals surface area contributed by atoms with Gasteiger partial charge in [0.25, 0.3) is 0 Å². The van der Waals surface area contributed by atoms with Crippen LogP contribution < -0.4 is 0 Å². The lowest BCUT2D eigenvalue weighted by molar-refractivity contribution is 0.0616. The van der Waals surface area contributed by atoms with Crippen molar-refractivity contribution in [2.45, 2.75) is 32.5 Å². The first-order valence-electron chi connectivity index (χ1n) is 7.72. The van der Waals surface area contributed by atoms with Gasteiger partial charge < -0.3 is 14.2 Å². The average molecular weight is 340 g/mol. The minimum atomic E-state index is -0.208. The Bertz CT molecular complexity index is 729. The highest BCUT2D eigenvalue weighted by Crippen LogP contribution is 2.24. The van der Waals surface area contributed by atoms with Crippen LogP contribution >= 0.6 is 23.8 Å². The van der Waals surface area contributed by atoms with E-state index in [2.05, 4.69) is 9.47 Å². The van der Waals surface area contributed by atoms with Crippen molar-refractivity contribution >= 4 is 34.9 Å². The summed E-state index contributed by atoms with van der Waals surface area (Å²) in [4.78, 5) is 2.40. The Balaban J connectivity index is 1.84. The molecule has 3 rings (SSSR count). The number of hydrogen-bond acceptors (Lipinski definition) is 3. The zero-order chi connectivity index (χ0) is 15.9. The van der Waals surface area contributed by atoms with Crippen LogP contribution in [-0.4, -0.2) is 38.3 Å². The van der Waals surface area contributed by atoms with E-state index in [0.717, 1.165) is 53.4 Å². The molecule has 0 aliphatic carbocycles. The number of likely N-dealkylation sites (tertiary alicyclic amines) is 1. The van der Waals surface area contributed by atoms with E-state index in [0.29, 0.717) is 5.92 Å². The Hall–Kier alpha value is -0.880. The van der Waals surface area contributed by atoms with Crippen LogP contribution in [0.5, 0.6) is 0 Å². The molecule has 0 spiro atoms. The molecule has 4 nitrogen and oxygen atoms in total. The highest BCUT2D eigenvalue weighted by Gasteiger charge is 2.23. The lowest BCUT2D eigenvalue weighted by Gasteiger charge is -2.33. The van der Waals surface area contributed by atoms with E-state index < -0.39 is 0 Å². The van der Waals surface area contributed by atoms with Crippen LogP contribution in [0, 0.1) is 10.7 Å². The summed E-state index contributed by atoms with van der Waals surface area (Å²) in [6, 6.07) is 5.90. The van der Waals surface area contributed by atoms with E-state index >= 15 is 0 Å². The van der Waals surface area contributed by atoms with Gasteiger partial charge in [-0.3, -0.25) is 4.90 Å². The molecule has 1 saturated heterocycles. The number of benzene rings is 1. The van der Waals surface area contributed by atoms with Gasteiger partial charge in [-0.25, -0.2) is 0 Å². The summed E-state index contributed by atoms with van der Waals surface area (Å²) in [7, 11) is 1.99. The predicted molar refractivity (Wildman–Crippen MR) is 92.7 cm³/mol. The molecule has 2 heterocycles. The molecule has 1 fully saturated rings. The predicted octanol–water partition coefficient (Wildman–Crippen LogP) is 3.41. The number of aliphatic hydroxyl groups is 1. The second-order valence-corrected chi connectivity index (χ2v) is 7.04. The molecule has 1 aliphatic rings. The number of piperidine rings is 1. The van der Waals surface area contributed by atoms with Crippen LogP contribution in [0.25, 0.3) is 11.0 Å². The fourth-order valence-corrected chi connectivity index (χ4v) is 3.72. The summed E-state index contributed by atoms with van der Waals surface area (Å²) in [5.41, 5.74) is 2.19. The van der Waals surface area contributed by atoms with Gasteiger partial charge in [0.1, 0.15) is 0 Å². The van der Waals surface area contributed by atoms with E-state index in [9.17, 15) is 5.11 Å². The second-order valence-electron chi connectivity index (χ2n) is 6.24. The van der Waals surface area contributed by atoms with Crippen molar-refractivity contribution in [2.75, 3.05) is 13.1 Å². The van der Waals surface area contributed by atoms with Crippen LogP contribution in [0.15, 0.2) is 18.2 Å². The van der Waals surface area contributed by atoms with Gasteiger partial charge in [0.15, 0.2) is 4.77 Å². The number of halogens is 1. The molecule has 6 heteroatoms. The maximum atomic E-state index is 9.71. The topological polar surface area (TPSA) is 33.3 Å². The third-order valence-corrected chi connectivity index (χ3v) is 5.49. The molecule has 1 aliphatic heterocycles. The summed E-state index contributed by atoms with van der Waals surface area (Å²) in [6.07, 6.45) is 1.87. The molecule has 1 atom stereocenters. The summed E-state index contributed by atoms with van der Waals surface area (Å²) in [5, 5.41) is 10.4. The number of nitrogens with zero attached hydrogens (tertiary/aromatic N) is 3. The van der Waals surface area contributed by atoms with Crippen LogP contribution in [0.2, 0.25) is 5.02 Å². The maximum absolute atomic E-state index is 9.71. The first-order valence-corrected chi connectivity index (χ1v) is 8.51. The van der Waals surface area contributed by atoms with Gasteiger partial charge in [0.2, 0.25) is 0 Å². The SMILES string of the molecule is CC(O)C1CCN(Cn2c(=S)n(C)c3ccc(Cl)cc32)CC1. The average Bonchev–Trinajstić information content (AvgIpc) is 2.72. The minimum absolute atomic E-state index is 0.208. The zero-order valence-corrected chi connectivity index (χ0v) is 14.6. The number of aryl methyl sites for hydroxylation is 1. The Labute approximate surface area is 140 Å². The van der Waals surface area contributed by atoms with Crippen molar-refractivity contribution in [3.05, 3.63) is 28.0 Å². The zero-order valence-electron chi connectivity index (χ0n) is 13.0. The summed E-state index contributed by atoms with van der Waals surface area (Å²) in [5.74, 6) is 0.422. The molecule has 2 aromatic rings. The third kappa shape index (κ3) is 2.95. The molecule has 1 N–H and O–H groups in total. The third-order valence-electron chi connectivity index (χ3n) is 4.76. The number of imidazole rings is 1. The van der Waals surface area contributed by atoms with Gasteiger partial charge in [-0.15, -0.1) is 0 Å². The first kappa shape index (κ1) is 16.0. The van der Waals surface area contributed by atoms with E-state index in [1.54, 1.807) is 0 Å². The Morgan fingerprint density at radius 3 is 2.64 bits per heavy atom. The van der Waals surface area contributed by atoms with Crippen molar-refractivity contribution in [3.8, 4) is 0 Å². The number of rotatable bonds is 3. The minimum Gasteiger partial charge on any atom is -0.393 e. The quantitative estimate of drug-likeness (QED) is 0.870. The number of hydrogen-bond donors (Lipinski definition) is 1. The Kier molecular flexibility index (Phi) is 4.59. The molecule has 120 valence electrons. The van der Waals surface area contributed by atoms with Crippen LogP contribution in [0.1, 0.15) is 19.8 Å². The van der Waals surface area contributed by atoms with Crippen molar-refractivity contribution in [2.24, 2.45) is 13.0 Å². The number of fused-ring (bicyclic) bond motifs is 1. The van der Waals surface area contributed by atoms with Crippen LogP contribution in [0.4, 0.5) is 0 Å². The smallest absolute Gasteiger partial charge is 0.181 e. The molecule has 0 radical (unpaired) electrons. The Morgan fingerprint density at radius 2 is 2.00 bits per heavy atom. The van der Waals surface area contributed by atoms with Crippen molar-refractivity contribution < 1.29 is 5.11 Å². The molecular formula is C16H22ClN3OS. The fraction of sp³-hybridized carbons (Fsp3) is 0.562. The Morgan fingerprint density at radius 1 is 1.32 bits per heavy atom.